The van der Waals surface area contributed by atoms with E-state index in [0.717, 1.165) is 0 Å². The summed E-state index contributed by atoms with van der Waals surface area (Å²) < 4.78 is 13.4. The molecule has 0 aliphatic carbocycles. The van der Waals surface area contributed by atoms with Crippen LogP contribution in [0.15, 0.2) is 47.4 Å². The Morgan fingerprint density at radius 2 is 1.94 bits per heavy atom. The number of hydrogen-bond donors (Lipinski definition) is 2. The van der Waals surface area contributed by atoms with Crippen LogP contribution in [0.1, 0.15) is 10.4 Å². The van der Waals surface area contributed by atoms with E-state index in [2.05, 4.69) is 17.9 Å². The minimum absolute atomic E-state index is 0.114. The van der Waals surface area contributed by atoms with Gasteiger partial charge in [0, 0.05) is 4.90 Å². The van der Waals surface area contributed by atoms with Crippen molar-refractivity contribution in [2.45, 2.75) is 4.90 Å². The number of amides is 1. The van der Waals surface area contributed by atoms with Crippen LogP contribution in [0.2, 0.25) is 5.02 Å². The second-order valence-electron chi connectivity index (χ2n) is 3.60. The second kappa shape index (κ2) is 5.42. The van der Waals surface area contributed by atoms with Crippen molar-refractivity contribution in [1.29, 1.82) is 0 Å². The standard InChI is InChI=1S/C13H9ClFNOS/c14-10-6-5-8(18)7-9(10)13(17)16-12-4-2-1-3-11(12)15/h1-7,18H,(H,16,17). The molecule has 0 aromatic heterocycles. The average molecular weight is 282 g/mol. The first-order valence-corrected chi connectivity index (χ1v) is 5.95. The molecule has 2 nitrogen and oxygen atoms in total. The van der Waals surface area contributed by atoms with Crippen molar-refractivity contribution < 1.29 is 9.18 Å². The Hall–Kier alpha value is -1.52. The molecule has 0 atom stereocenters. The molecular formula is C13H9ClFNOS. The van der Waals surface area contributed by atoms with Crippen LogP contribution in [-0.2, 0) is 0 Å². The molecule has 0 bridgehead atoms. The number of para-hydroxylation sites is 1. The number of thiol groups is 1. The molecule has 0 saturated heterocycles. The molecule has 0 heterocycles. The molecule has 0 fully saturated rings. The first-order chi connectivity index (χ1) is 8.58. The third-order valence-electron chi connectivity index (χ3n) is 2.32. The topological polar surface area (TPSA) is 29.1 Å². The summed E-state index contributed by atoms with van der Waals surface area (Å²) >= 11 is 10.0. The first kappa shape index (κ1) is 12.9. The van der Waals surface area contributed by atoms with Crippen LogP contribution in [0.3, 0.4) is 0 Å². The van der Waals surface area contributed by atoms with Crippen LogP contribution >= 0.6 is 24.2 Å². The van der Waals surface area contributed by atoms with Gasteiger partial charge < -0.3 is 5.32 Å². The fourth-order valence-corrected chi connectivity index (χ4v) is 1.85. The van der Waals surface area contributed by atoms with E-state index in [9.17, 15) is 9.18 Å². The number of nitrogens with one attached hydrogen (secondary N) is 1. The molecule has 0 saturated carbocycles. The highest BCUT2D eigenvalue weighted by atomic mass is 35.5. The third kappa shape index (κ3) is 2.83. The van der Waals surface area contributed by atoms with Crippen molar-refractivity contribution in [3.05, 3.63) is 58.9 Å². The quantitative estimate of drug-likeness (QED) is 0.800. The largest absolute Gasteiger partial charge is 0.319 e. The minimum Gasteiger partial charge on any atom is -0.319 e. The Bertz CT molecular complexity index is 603. The maximum atomic E-state index is 13.4. The van der Waals surface area contributed by atoms with Gasteiger partial charge in [0.2, 0.25) is 0 Å². The molecule has 2 rings (SSSR count). The molecule has 0 spiro atoms. The second-order valence-corrected chi connectivity index (χ2v) is 4.52. The molecule has 2 aromatic rings. The van der Waals surface area contributed by atoms with E-state index in [1.54, 1.807) is 24.3 Å². The Labute approximate surface area is 114 Å². The summed E-state index contributed by atoms with van der Waals surface area (Å²) in [4.78, 5) is 12.6. The van der Waals surface area contributed by atoms with E-state index in [1.165, 1.54) is 18.2 Å². The Morgan fingerprint density at radius 3 is 2.67 bits per heavy atom. The lowest BCUT2D eigenvalue weighted by molar-refractivity contribution is 0.102. The molecule has 18 heavy (non-hydrogen) atoms. The molecule has 1 amide bonds. The van der Waals surface area contributed by atoms with Crippen LogP contribution in [0, 0.1) is 5.82 Å². The summed E-state index contributed by atoms with van der Waals surface area (Å²) in [5.41, 5.74) is 0.371. The lowest BCUT2D eigenvalue weighted by Crippen LogP contribution is -2.13. The van der Waals surface area contributed by atoms with Gasteiger partial charge in [0.1, 0.15) is 5.82 Å². The zero-order chi connectivity index (χ0) is 13.1. The molecule has 0 unspecified atom stereocenters. The van der Waals surface area contributed by atoms with Crippen LogP contribution in [0.4, 0.5) is 10.1 Å². The molecule has 0 radical (unpaired) electrons. The number of halogens is 2. The Morgan fingerprint density at radius 1 is 1.22 bits per heavy atom. The van der Waals surface area contributed by atoms with E-state index >= 15 is 0 Å². The van der Waals surface area contributed by atoms with Gasteiger partial charge in [0.25, 0.3) is 5.91 Å². The molecule has 0 aliphatic rings. The highest BCUT2D eigenvalue weighted by Gasteiger charge is 2.12. The number of hydrogen-bond acceptors (Lipinski definition) is 2. The van der Waals surface area contributed by atoms with Gasteiger partial charge in [-0.3, -0.25) is 4.79 Å². The fourth-order valence-electron chi connectivity index (χ4n) is 1.44. The van der Waals surface area contributed by atoms with Crippen molar-refractivity contribution in [1.82, 2.24) is 0 Å². The maximum absolute atomic E-state index is 13.4. The summed E-state index contributed by atoms with van der Waals surface area (Å²) in [6.45, 7) is 0. The number of carbonyl (C=O) groups is 1. The monoisotopic (exact) mass is 281 g/mol. The minimum atomic E-state index is -0.496. The van der Waals surface area contributed by atoms with Gasteiger partial charge >= 0.3 is 0 Å². The van der Waals surface area contributed by atoms with Crippen LogP contribution in [0.5, 0.6) is 0 Å². The van der Waals surface area contributed by atoms with Gasteiger partial charge in [-0.2, -0.15) is 0 Å². The average Bonchev–Trinajstić information content (AvgIpc) is 2.35. The fraction of sp³-hybridized carbons (Fsp3) is 0. The molecule has 2 aromatic carbocycles. The van der Waals surface area contributed by atoms with Gasteiger partial charge in [-0.05, 0) is 30.3 Å². The van der Waals surface area contributed by atoms with E-state index in [4.69, 9.17) is 11.6 Å². The maximum Gasteiger partial charge on any atom is 0.257 e. The first-order valence-electron chi connectivity index (χ1n) is 5.12. The lowest BCUT2D eigenvalue weighted by Gasteiger charge is -2.08. The van der Waals surface area contributed by atoms with E-state index in [0.29, 0.717) is 9.92 Å². The molecule has 5 heteroatoms. The third-order valence-corrected chi connectivity index (χ3v) is 2.92. The Kier molecular flexibility index (Phi) is 3.89. The van der Waals surface area contributed by atoms with Gasteiger partial charge in [-0.25, -0.2) is 4.39 Å². The summed E-state index contributed by atoms with van der Waals surface area (Å²) in [6.07, 6.45) is 0. The predicted molar refractivity (Wildman–Crippen MR) is 73.1 cm³/mol. The highest BCUT2D eigenvalue weighted by Crippen LogP contribution is 2.21. The highest BCUT2D eigenvalue weighted by molar-refractivity contribution is 7.80. The van der Waals surface area contributed by atoms with Crippen molar-refractivity contribution in [2.24, 2.45) is 0 Å². The predicted octanol–water partition coefficient (Wildman–Crippen LogP) is 4.02. The van der Waals surface area contributed by atoms with Crippen molar-refractivity contribution in [3.63, 3.8) is 0 Å². The number of rotatable bonds is 2. The normalized spacial score (nSPS) is 10.2. The molecular weight excluding hydrogens is 273 g/mol. The summed E-state index contributed by atoms with van der Waals surface area (Å²) in [5.74, 6) is -0.968. The van der Waals surface area contributed by atoms with Crippen LogP contribution in [0.25, 0.3) is 0 Å². The molecule has 92 valence electrons. The van der Waals surface area contributed by atoms with Gasteiger partial charge in [-0.15, -0.1) is 12.6 Å². The SMILES string of the molecule is O=C(Nc1ccccc1F)c1cc(S)ccc1Cl. The van der Waals surface area contributed by atoms with Crippen molar-refractivity contribution in [2.75, 3.05) is 5.32 Å². The van der Waals surface area contributed by atoms with Gasteiger partial charge in [-0.1, -0.05) is 23.7 Å². The van der Waals surface area contributed by atoms with E-state index < -0.39 is 11.7 Å². The zero-order valence-electron chi connectivity index (χ0n) is 9.15. The number of benzene rings is 2. The van der Waals surface area contributed by atoms with Crippen LogP contribution in [-0.4, -0.2) is 5.91 Å². The summed E-state index contributed by atoms with van der Waals surface area (Å²) in [7, 11) is 0. The smallest absolute Gasteiger partial charge is 0.257 e. The van der Waals surface area contributed by atoms with Gasteiger partial charge in [0.05, 0.1) is 16.3 Å². The summed E-state index contributed by atoms with van der Waals surface area (Å²) in [5, 5.41) is 2.76. The number of anilines is 1. The van der Waals surface area contributed by atoms with Crippen LogP contribution < -0.4 is 5.32 Å². The van der Waals surface area contributed by atoms with Crippen molar-refractivity contribution >= 4 is 35.8 Å². The van der Waals surface area contributed by atoms with Gasteiger partial charge in [0.15, 0.2) is 0 Å². The van der Waals surface area contributed by atoms with Crippen molar-refractivity contribution in [3.8, 4) is 0 Å². The molecule has 1 N–H and O–H groups in total. The number of carbonyl (C=O) groups excluding carboxylic acids is 1. The lowest BCUT2D eigenvalue weighted by atomic mass is 10.2. The summed E-state index contributed by atoms with van der Waals surface area (Å²) in [6, 6.07) is 10.7. The Balaban J connectivity index is 2.28. The van der Waals surface area contributed by atoms with E-state index in [-0.39, 0.29) is 11.3 Å². The molecule has 0 aliphatic heterocycles. The zero-order valence-corrected chi connectivity index (χ0v) is 10.8. The van der Waals surface area contributed by atoms with E-state index in [1.807, 2.05) is 0 Å².